The van der Waals surface area contributed by atoms with E-state index in [1.807, 2.05) is 0 Å². The Balaban J connectivity index is 2.14. The first-order valence-electron chi connectivity index (χ1n) is 7.82. The average Bonchev–Trinajstić information content (AvgIpc) is 2.60. The number of ether oxygens (including phenoxy) is 3. The number of hydrogen-bond donors (Lipinski definition) is 9. The molecule has 0 saturated carbocycles. The molecule has 0 amide bonds. The van der Waals surface area contributed by atoms with E-state index in [2.05, 4.69) is 4.52 Å². The van der Waals surface area contributed by atoms with Crippen molar-refractivity contribution in [2.45, 2.75) is 61.4 Å². The van der Waals surface area contributed by atoms with Crippen LogP contribution in [0.25, 0.3) is 0 Å². The average molecular weight is 422 g/mol. The lowest BCUT2D eigenvalue weighted by atomic mass is 9.97. The fourth-order valence-corrected chi connectivity index (χ4v) is 3.22. The van der Waals surface area contributed by atoms with Gasteiger partial charge in [0.15, 0.2) is 12.6 Å². The highest BCUT2D eigenvalue weighted by molar-refractivity contribution is 7.46. The van der Waals surface area contributed by atoms with Crippen molar-refractivity contribution in [3.8, 4) is 0 Å². The largest absolute Gasteiger partial charge is 0.472 e. The molecular formula is C12H23O14P. The van der Waals surface area contributed by atoms with Crippen molar-refractivity contribution in [3.63, 3.8) is 0 Å². The van der Waals surface area contributed by atoms with Crippen molar-refractivity contribution in [1.29, 1.82) is 0 Å². The lowest BCUT2D eigenvalue weighted by Gasteiger charge is -2.45. The Kier molecular flexibility index (Phi) is 7.68. The summed E-state index contributed by atoms with van der Waals surface area (Å²) < 4.78 is 30.4. The Morgan fingerprint density at radius 1 is 0.741 bits per heavy atom. The Morgan fingerprint density at radius 2 is 1.26 bits per heavy atom. The summed E-state index contributed by atoms with van der Waals surface area (Å²) in [6, 6.07) is 0. The van der Waals surface area contributed by atoms with E-state index in [-0.39, 0.29) is 0 Å². The number of aliphatic hydroxyl groups excluding tert-OH is 7. The third-order valence-corrected chi connectivity index (χ3v) is 4.68. The van der Waals surface area contributed by atoms with Gasteiger partial charge in [-0.15, -0.1) is 0 Å². The molecule has 0 aromatic rings. The molecule has 2 aliphatic heterocycles. The van der Waals surface area contributed by atoms with Gasteiger partial charge in [-0.1, -0.05) is 0 Å². The van der Waals surface area contributed by atoms with Gasteiger partial charge >= 0.3 is 7.82 Å². The predicted octanol–water partition coefficient (Wildman–Crippen LogP) is -5.28. The van der Waals surface area contributed by atoms with Crippen LogP contribution < -0.4 is 0 Å². The molecule has 0 aromatic heterocycles. The van der Waals surface area contributed by atoms with Crippen LogP contribution in [0.2, 0.25) is 0 Å². The zero-order valence-electron chi connectivity index (χ0n) is 13.7. The van der Waals surface area contributed by atoms with Gasteiger partial charge in [-0.05, 0) is 0 Å². The van der Waals surface area contributed by atoms with Crippen LogP contribution in [0.15, 0.2) is 0 Å². The van der Waals surface area contributed by atoms with Gasteiger partial charge in [-0.2, -0.15) is 0 Å². The van der Waals surface area contributed by atoms with Crippen LogP contribution in [0, 0.1) is 0 Å². The first-order chi connectivity index (χ1) is 12.5. The minimum Gasteiger partial charge on any atom is -0.394 e. The second-order valence-corrected chi connectivity index (χ2v) is 7.29. The lowest BCUT2D eigenvalue weighted by Crippen LogP contribution is -2.64. The molecule has 0 spiro atoms. The molecule has 10 atom stereocenters. The summed E-state index contributed by atoms with van der Waals surface area (Å²) in [5.41, 5.74) is 0. The number of hydrogen-bond acceptors (Lipinski definition) is 12. The standard InChI is InChI=1S/C12H23O14P/c13-1-3-5(15)6(16)8(18)11(23-3)25-10-4(2-14)24-12(9(19)7(10)17)26-27(20,21)22/h3-19H,1-2H2,(H2,20,21,22)/t3-,4+,5-,6-,7+,8+,9+,10+,11+,12-/m1/s1. The first-order valence-corrected chi connectivity index (χ1v) is 9.35. The topological polar surface area (TPSA) is 236 Å². The van der Waals surface area contributed by atoms with Crippen LogP contribution in [-0.2, 0) is 23.3 Å². The summed E-state index contributed by atoms with van der Waals surface area (Å²) >= 11 is 0. The molecule has 2 heterocycles. The molecule has 2 saturated heterocycles. The summed E-state index contributed by atoms with van der Waals surface area (Å²) in [7, 11) is -5.10. The SMILES string of the molecule is O=P(O)(O)O[C@H]1O[C@@H](CO)[C@H](O[C@@H]2O[C@H](CO)[C@@H](O)[C@@H](O)[C@@H]2O)[C@@H](O)[C@@H]1O. The van der Waals surface area contributed by atoms with E-state index < -0.39 is 82.4 Å². The maximum Gasteiger partial charge on any atom is 0.472 e. The van der Waals surface area contributed by atoms with Crippen molar-refractivity contribution in [2.75, 3.05) is 13.2 Å². The molecule has 2 fully saturated rings. The molecule has 0 unspecified atom stereocenters. The molecule has 2 aliphatic rings. The molecular weight excluding hydrogens is 399 g/mol. The van der Waals surface area contributed by atoms with Gasteiger partial charge in [-0.25, -0.2) is 4.57 Å². The monoisotopic (exact) mass is 422 g/mol. The molecule has 160 valence electrons. The van der Waals surface area contributed by atoms with E-state index in [0.29, 0.717) is 0 Å². The van der Waals surface area contributed by atoms with Gasteiger partial charge in [0, 0.05) is 0 Å². The van der Waals surface area contributed by atoms with Gasteiger partial charge in [0.2, 0.25) is 0 Å². The third kappa shape index (κ3) is 5.20. The molecule has 27 heavy (non-hydrogen) atoms. The minimum atomic E-state index is -5.10. The van der Waals surface area contributed by atoms with Gasteiger partial charge in [0.1, 0.15) is 48.8 Å². The molecule has 2 rings (SSSR count). The van der Waals surface area contributed by atoms with E-state index in [9.17, 15) is 35.2 Å². The number of aliphatic hydroxyl groups is 7. The van der Waals surface area contributed by atoms with Gasteiger partial charge in [-0.3, -0.25) is 4.52 Å². The Hall–Kier alpha value is -0.290. The van der Waals surface area contributed by atoms with E-state index in [0.717, 1.165) is 0 Å². The second-order valence-electron chi connectivity index (χ2n) is 6.10. The van der Waals surface area contributed by atoms with Crippen molar-refractivity contribution < 1.29 is 68.8 Å². The fourth-order valence-electron chi connectivity index (χ4n) is 2.78. The van der Waals surface area contributed by atoms with Crippen LogP contribution >= 0.6 is 7.82 Å². The molecule has 0 radical (unpaired) electrons. The summed E-state index contributed by atoms with van der Waals surface area (Å²) in [6.45, 7) is -1.59. The van der Waals surface area contributed by atoms with Crippen molar-refractivity contribution in [3.05, 3.63) is 0 Å². The third-order valence-electron chi connectivity index (χ3n) is 4.20. The second kappa shape index (κ2) is 9.02. The zero-order valence-corrected chi connectivity index (χ0v) is 14.6. The van der Waals surface area contributed by atoms with E-state index in [1.165, 1.54) is 0 Å². The van der Waals surface area contributed by atoms with Crippen LogP contribution in [0.4, 0.5) is 0 Å². The lowest BCUT2D eigenvalue weighted by molar-refractivity contribution is -0.353. The molecule has 9 N–H and O–H groups in total. The number of phosphoric ester groups is 1. The highest BCUT2D eigenvalue weighted by Gasteiger charge is 2.51. The van der Waals surface area contributed by atoms with E-state index in [4.69, 9.17) is 29.1 Å². The van der Waals surface area contributed by atoms with Crippen LogP contribution in [0.3, 0.4) is 0 Å². The smallest absolute Gasteiger partial charge is 0.394 e. The molecule has 15 heteroatoms. The zero-order chi connectivity index (χ0) is 20.5. The Morgan fingerprint density at radius 3 is 1.78 bits per heavy atom. The summed E-state index contributed by atoms with van der Waals surface area (Å²) in [4.78, 5) is 17.6. The molecule has 0 aliphatic carbocycles. The quantitative estimate of drug-likeness (QED) is 0.182. The van der Waals surface area contributed by atoms with Gasteiger partial charge in [0.05, 0.1) is 13.2 Å². The summed E-state index contributed by atoms with van der Waals surface area (Å²) in [5, 5.41) is 68.0. The number of phosphoric acid groups is 1. The molecule has 0 aromatic carbocycles. The van der Waals surface area contributed by atoms with Crippen LogP contribution in [0.5, 0.6) is 0 Å². The summed E-state index contributed by atoms with van der Waals surface area (Å²) in [5.74, 6) is 0. The Labute approximate surface area is 152 Å². The van der Waals surface area contributed by atoms with E-state index >= 15 is 0 Å². The fraction of sp³-hybridized carbons (Fsp3) is 1.00. The van der Waals surface area contributed by atoms with Crippen molar-refractivity contribution in [1.82, 2.24) is 0 Å². The highest BCUT2D eigenvalue weighted by Crippen LogP contribution is 2.41. The van der Waals surface area contributed by atoms with Gasteiger partial charge < -0.3 is 59.7 Å². The summed E-state index contributed by atoms with van der Waals surface area (Å²) in [6.07, 6.45) is -17.3. The number of rotatable bonds is 6. The van der Waals surface area contributed by atoms with E-state index in [1.54, 1.807) is 0 Å². The first kappa shape index (κ1) is 23.0. The normalized spacial score (nSPS) is 46.4. The predicted molar refractivity (Wildman–Crippen MR) is 79.5 cm³/mol. The van der Waals surface area contributed by atoms with Crippen LogP contribution in [-0.4, -0.2) is 120 Å². The van der Waals surface area contributed by atoms with Gasteiger partial charge in [0.25, 0.3) is 0 Å². The van der Waals surface area contributed by atoms with Crippen molar-refractivity contribution in [2.24, 2.45) is 0 Å². The molecule has 0 bridgehead atoms. The molecule has 14 nitrogen and oxygen atoms in total. The maximum atomic E-state index is 10.9. The van der Waals surface area contributed by atoms with Crippen molar-refractivity contribution >= 4 is 7.82 Å². The Bertz CT molecular complexity index is 524. The maximum absolute atomic E-state index is 10.9. The highest BCUT2D eigenvalue weighted by atomic mass is 31.2. The minimum absolute atomic E-state index is 0.737. The van der Waals surface area contributed by atoms with Crippen LogP contribution in [0.1, 0.15) is 0 Å².